The van der Waals surface area contributed by atoms with Gasteiger partial charge in [0.2, 0.25) is 0 Å². The number of aromatic nitrogens is 1. The van der Waals surface area contributed by atoms with Gasteiger partial charge in [0.25, 0.3) is 8.32 Å². The van der Waals surface area contributed by atoms with Crippen molar-refractivity contribution in [2.75, 3.05) is 5.32 Å². The molecule has 0 fully saturated rings. The molecule has 4 aromatic rings. The molecule has 2 aromatic carbocycles. The lowest BCUT2D eigenvalue weighted by Gasteiger charge is -2.43. The number of hydrogen-bond acceptors (Lipinski definition) is 4. The average molecular weight is 542 g/mol. The van der Waals surface area contributed by atoms with Gasteiger partial charge in [0, 0.05) is 5.39 Å². The Morgan fingerprint density at radius 3 is 2.12 bits per heavy atom. The summed E-state index contributed by atoms with van der Waals surface area (Å²) in [6, 6.07) is 24.9. The molecule has 2 aromatic heterocycles. The summed E-state index contributed by atoms with van der Waals surface area (Å²) >= 11 is 4.79. The van der Waals surface area contributed by atoms with Crippen molar-refractivity contribution in [1.82, 2.24) is 4.98 Å². The minimum atomic E-state index is -2.66. The Morgan fingerprint density at radius 2 is 1.61 bits per heavy atom. The summed E-state index contributed by atoms with van der Waals surface area (Å²) in [4.78, 5) is 16.6. The molecule has 1 amide bonds. The van der Waals surface area contributed by atoms with Crippen molar-refractivity contribution in [3.8, 4) is 0 Å². The number of nitrogens with zero attached hydrogens (tertiary/aromatic N) is 1. The van der Waals surface area contributed by atoms with Crippen LogP contribution in [0.3, 0.4) is 0 Å². The molecule has 0 aliphatic carbocycles. The highest BCUT2D eigenvalue weighted by Gasteiger charge is 2.50. The van der Waals surface area contributed by atoms with E-state index in [9.17, 15) is 4.79 Å². The number of carboxylic acid groups (broad SMARTS) is 1. The predicted octanol–water partition coefficient (Wildman–Crippen LogP) is 6.23. The summed E-state index contributed by atoms with van der Waals surface area (Å²) in [6.07, 6.45) is -1.10. The molecule has 0 radical (unpaired) electrons. The van der Waals surface area contributed by atoms with Gasteiger partial charge in [-0.25, -0.2) is 9.78 Å². The van der Waals surface area contributed by atoms with E-state index in [0.29, 0.717) is 16.1 Å². The largest absolute Gasteiger partial charge is 0.465 e. The van der Waals surface area contributed by atoms with Gasteiger partial charge in [-0.15, -0.1) is 0 Å². The van der Waals surface area contributed by atoms with Crippen LogP contribution in [0.2, 0.25) is 5.04 Å². The molecule has 0 saturated carbocycles. The first-order valence-electron chi connectivity index (χ1n) is 10.6. The van der Waals surface area contributed by atoms with Gasteiger partial charge in [-0.3, -0.25) is 5.32 Å². The molecule has 0 spiro atoms. The van der Waals surface area contributed by atoms with Crippen molar-refractivity contribution < 1.29 is 14.3 Å². The van der Waals surface area contributed by atoms with Crippen molar-refractivity contribution in [1.29, 1.82) is 0 Å². The van der Waals surface area contributed by atoms with Crippen LogP contribution in [0.5, 0.6) is 0 Å². The van der Waals surface area contributed by atoms with Gasteiger partial charge >= 0.3 is 6.09 Å². The summed E-state index contributed by atoms with van der Waals surface area (Å²) in [5.41, 5.74) is 0.811. The molecule has 170 valence electrons. The molecule has 5 nitrogen and oxygen atoms in total. The summed E-state index contributed by atoms with van der Waals surface area (Å²) in [7, 11) is -2.66. The fraction of sp³-hybridized carbons (Fsp3) is 0.200. The fourth-order valence-electron chi connectivity index (χ4n) is 4.19. The molecule has 0 aliphatic heterocycles. The predicted molar refractivity (Wildman–Crippen MR) is 141 cm³/mol. The summed E-state index contributed by atoms with van der Waals surface area (Å²) < 4.78 is 7.67. The first-order chi connectivity index (χ1) is 15.7. The molecule has 0 bridgehead atoms. The Bertz CT molecular complexity index is 1230. The van der Waals surface area contributed by atoms with E-state index < -0.39 is 14.4 Å². The zero-order valence-corrected chi connectivity index (χ0v) is 22.0. The van der Waals surface area contributed by atoms with Crippen molar-refractivity contribution in [3.05, 3.63) is 83.0 Å². The number of benzene rings is 2. The molecule has 33 heavy (non-hydrogen) atoms. The SMILES string of the molecule is CC(C)(C)[Si](OCc1ccc2c(Br)c(NC(=O)O)sc2n1)(c1ccccc1)c1ccccc1. The Hall–Kier alpha value is -2.52. The first-order valence-corrected chi connectivity index (χ1v) is 14.1. The maximum atomic E-state index is 11.1. The molecule has 0 aliphatic rings. The quantitative estimate of drug-likeness (QED) is 0.284. The van der Waals surface area contributed by atoms with Crippen molar-refractivity contribution in [3.63, 3.8) is 0 Å². The van der Waals surface area contributed by atoms with E-state index in [4.69, 9.17) is 14.5 Å². The Balaban J connectivity index is 1.75. The van der Waals surface area contributed by atoms with E-state index in [2.05, 4.69) is 90.5 Å². The van der Waals surface area contributed by atoms with Gasteiger partial charge in [0.15, 0.2) is 0 Å². The molecule has 0 saturated heterocycles. The highest BCUT2D eigenvalue weighted by molar-refractivity contribution is 9.10. The highest BCUT2D eigenvalue weighted by Crippen LogP contribution is 2.40. The molecule has 0 unspecified atom stereocenters. The minimum absolute atomic E-state index is 0.121. The summed E-state index contributed by atoms with van der Waals surface area (Å²) in [6.45, 7) is 7.10. The Morgan fingerprint density at radius 1 is 1.03 bits per heavy atom. The monoisotopic (exact) mass is 540 g/mol. The van der Waals surface area contributed by atoms with Gasteiger partial charge in [-0.2, -0.15) is 0 Å². The smallest absolute Gasteiger partial charge is 0.409 e. The zero-order chi connectivity index (χ0) is 23.6. The standard InChI is InChI=1S/C25H25BrN2O3SSi/c1-25(2,3)33(18-10-6-4-7-11-18,19-12-8-5-9-13-19)31-16-17-14-15-20-21(26)23(28-24(29)30)32-22(20)27-17/h4-15,28H,16H2,1-3H3,(H,29,30). The van der Waals surface area contributed by atoms with E-state index >= 15 is 0 Å². The second kappa shape index (κ2) is 9.38. The van der Waals surface area contributed by atoms with Crippen LogP contribution >= 0.6 is 27.3 Å². The number of carbonyl (C=O) groups is 1. The normalized spacial score (nSPS) is 12.1. The highest BCUT2D eigenvalue weighted by atomic mass is 79.9. The van der Waals surface area contributed by atoms with E-state index in [0.717, 1.165) is 15.9 Å². The van der Waals surface area contributed by atoms with Gasteiger partial charge in [-0.05, 0) is 43.5 Å². The number of hydrogen-bond donors (Lipinski definition) is 2. The maximum absolute atomic E-state index is 11.1. The van der Waals surface area contributed by atoms with E-state index in [1.807, 2.05) is 24.3 Å². The van der Waals surface area contributed by atoms with E-state index in [1.54, 1.807) is 0 Å². The third-order valence-corrected chi connectivity index (χ3v) is 12.7. The van der Waals surface area contributed by atoms with E-state index in [-0.39, 0.29) is 5.04 Å². The number of fused-ring (bicyclic) bond motifs is 1. The van der Waals surface area contributed by atoms with Crippen LogP contribution in [0, 0.1) is 0 Å². The molecule has 2 N–H and O–H groups in total. The Labute approximate surface area is 206 Å². The van der Waals surface area contributed by atoms with Gasteiger partial charge in [0.05, 0.1) is 16.8 Å². The summed E-state index contributed by atoms with van der Waals surface area (Å²) in [5, 5.41) is 15.2. The third-order valence-electron chi connectivity index (χ3n) is 5.63. The van der Waals surface area contributed by atoms with Crippen LogP contribution in [0.25, 0.3) is 10.2 Å². The van der Waals surface area contributed by atoms with Crippen LogP contribution in [-0.4, -0.2) is 24.5 Å². The number of anilines is 1. The number of thiophene rings is 1. The molecule has 0 atom stereocenters. The fourth-order valence-corrected chi connectivity index (χ4v) is 10.5. The topological polar surface area (TPSA) is 71.5 Å². The van der Waals surface area contributed by atoms with Crippen LogP contribution in [0.15, 0.2) is 77.3 Å². The minimum Gasteiger partial charge on any atom is -0.465 e. The molecular formula is C25H25BrN2O3SSi. The van der Waals surface area contributed by atoms with Crippen molar-refractivity contribution >= 4 is 67.3 Å². The average Bonchev–Trinajstić information content (AvgIpc) is 3.09. The second-order valence-corrected chi connectivity index (χ2v) is 14.9. The number of halogens is 1. The molecule has 8 heteroatoms. The number of pyridine rings is 1. The van der Waals surface area contributed by atoms with Crippen LogP contribution in [0.1, 0.15) is 26.5 Å². The van der Waals surface area contributed by atoms with E-state index in [1.165, 1.54) is 21.7 Å². The van der Waals surface area contributed by atoms with Crippen LogP contribution < -0.4 is 15.7 Å². The first kappa shape index (κ1) is 23.6. The van der Waals surface area contributed by atoms with Crippen molar-refractivity contribution in [2.24, 2.45) is 0 Å². The molecule has 4 rings (SSSR count). The lowest BCUT2D eigenvalue weighted by atomic mass is 10.2. The zero-order valence-electron chi connectivity index (χ0n) is 18.6. The Kier molecular flexibility index (Phi) is 6.72. The number of rotatable bonds is 6. The van der Waals surface area contributed by atoms with Crippen LogP contribution in [-0.2, 0) is 11.0 Å². The molecular weight excluding hydrogens is 516 g/mol. The lowest BCUT2D eigenvalue weighted by molar-refractivity contribution is 0.210. The second-order valence-electron chi connectivity index (χ2n) is 8.78. The van der Waals surface area contributed by atoms with Gasteiger partial charge < -0.3 is 9.53 Å². The lowest BCUT2D eigenvalue weighted by Crippen LogP contribution is -2.66. The van der Waals surface area contributed by atoms with Gasteiger partial charge in [-0.1, -0.05) is 92.8 Å². The van der Waals surface area contributed by atoms with Gasteiger partial charge in [0.1, 0.15) is 9.83 Å². The number of nitrogens with one attached hydrogen (secondary N) is 1. The van der Waals surface area contributed by atoms with Crippen LogP contribution in [0.4, 0.5) is 9.80 Å². The third kappa shape index (κ3) is 4.61. The maximum Gasteiger partial charge on any atom is 0.409 e. The van der Waals surface area contributed by atoms with Crippen molar-refractivity contribution in [2.45, 2.75) is 32.4 Å². The number of amides is 1. The summed E-state index contributed by atoms with van der Waals surface area (Å²) in [5.74, 6) is 0. The molecule has 2 heterocycles.